The van der Waals surface area contributed by atoms with Crippen LogP contribution in [-0.4, -0.2) is 25.4 Å². The number of anilines is 1. The number of amides is 1. The van der Waals surface area contributed by atoms with Gasteiger partial charge in [-0.2, -0.15) is 0 Å². The van der Waals surface area contributed by atoms with E-state index in [1.54, 1.807) is 0 Å². The van der Waals surface area contributed by atoms with Crippen molar-refractivity contribution in [1.82, 2.24) is 14.5 Å². The molecule has 0 spiro atoms. The van der Waals surface area contributed by atoms with Crippen molar-refractivity contribution >= 4 is 28.9 Å². The highest BCUT2D eigenvalue weighted by molar-refractivity contribution is 6.29. The fourth-order valence-corrected chi connectivity index (χ4v) is 2.19. The van der Waals surface area contributed by atoms with Crippen LogP contribution in [-0.2, 0) is 0 Å². The van der Waals surface area contributed by atoms with Gasteiger partial charge in [0.15, 0.2) is 0 Å². The lowest BCUT2D eigenvalue weighted by molar-refractivity contribution is -0.383. The lowest BCUT2D eigenvalue weighted by atomic mass is 10.2. The first-order valence-corrected chi connectivity index (χ1v) is 7.23. The van der Waals surface area contributed by atoms with Gasteiger partial charge >= 0.3 is 0 Å². The lowest BCUT2D eigenvalue weighted by Crippen LogP contribution is -2.15. The average molecular weight is 362 g/mol. The topological polar surface area (TPSA) is 103 Å². The first-order chi connectivity index (χ1) is 11.9. The summed E-state index contributed by atoms with van der Waals surface area (Å²) in [6, 6.07) is 5.26. The summed E-state index contributed by atoms with van der Waals surface area (Å²) in [7, 11) is 0. The van der Waals surface area contributed by atoms with Crippen LogP contribution in [0.4, 0.5) is 15.8 Å². The molecule has 3 aromatic rings. The Morgan fingerprint density at radius 1 is 1.28 bits per heavy atom. The lowest BCUT2D eigenvalue weighted by Gasteiger charge is -2.09. The molecule has 1 aromatic carbocycles. The molecule has 0 aliphatic heterocycles. The Labute approximate surface area is 145 Å². The number of aromatic nitrogens is 3. The van der Waals surface area contributed by atoms with E-state index in [9.17, 15) is 19.3 Å². The molecule has 8 nitrogen and oxygen atoms in total. The molecule has 1 amide bonds. The highest BCUT2D eigenvalue weighted by Gasteiger charge is 2.18. The molecule has 0 saturated carbocycles. The minimum atomic E-state index is -0.692. The van der Waals surface area contributed by atoms with E-state index >= 15 is 0 Å². The molecule has 0 aliphatic rings. The van der Waals surface area contributed by atoms with Crippen LogP contribution in [0.3, 0.4) is 0 Å². The molecular weight excluding hydrogens is 353 g/mol. The van der Waals surface area contributed by atoms with Crippen molar-refractivity contribution in [2.45, 2.75) is 0 Å². The van der Waals surface area contributed by atoms with E-state index in [4.69, 9.17) is 11.6 Å². The van der Waals surface area contributed by atoms with E-state index in [0.29, 0.717) is 5.69 Å². The monoisotopic (exact) mass is 361 g/mol. The Kier molecular flexibility index (Phi) is 4.40. The standard InChI is InChI=1S/C15H9ClFN5O3/c16-14-7-18-12(6-19-14)15(23)20-11-5-10(1-2-13(11)22(24)25)21-4-3-9(17)8-21/h1-8H,(H,20,23). The second-order valence-electron chi connectivity index (χ2n) is 4.87. The number of nitrogens with one attached hydrogen (secondary N) is 1. The van der Waals surface area contributed by atoms with E-state index in [1.807, 2.05) is 0 Å². The Morgan fingerprint density at radius 2 is 2.08 bits per heavy atom. The zero-order valence-electron chi connectivity index (χ0n) is 12.4. The highest BCUT2D eigenvalue weighted by Crippen LogP contribution is 2.27. The summed E-state index contributed by atoms with van der Waals surface area (Å²) >= 11 is 5.61. The summed E-state index contributed by atoms with van der Waals surface area (Å²) in [6.07, 6.45) is 4.99. The molecule has 2 heterocycles. The predicted molar refractivity (Wildman–Crippen MR) is 87.4 cm³/mol. The molecule has 10 heteroatoms. The van der Waals surface area contributed by atoms with E-state index in [2.05, 4.69) is 15.3 Å². The number of halogens is 2. The molecule has 0 aliphatic carbocycles. The van der Waals surface area contributed by atoms with Crippen LogP contribution in [0.1, 0.15) is 10.5 Å². The third-order valence-electron chi connectivity index (χ3n) is 3.23. The summed E-state index contributed by atoms with van der Waals surface area (Å²) in [5, 5.41) is 13.7. The van der Waals surface area contributed by atoms with Gasteiger partial charge < -0.3 is 9.88 Å². The van der Waals surface area contributed by atoms with Crippen molar-refractivity contribution in [3.05, 3.63) is 75.8 Å². The Morgan fingerprint density at radius 3 is 2.68 bits per heavy atom. The number of nitrogens with zero attached hydrogens (tertiary/aromatic N) is 4. The number of nitro benzene ring substituents is 1. The molecule has 0 fully saturated rings. The van der Waals surface area contributed by atoms with Gasteiger partial charge in [-0.1, -0.05) is 11.6 Å². The number of carbonyl (C=O) groups excluding carboxylic acids is 1. The Hall–Kier alpha value is -3.33. The van der Waals surface area contributed by atoms with Crippen molar-refractivity contribution in [1.29, 1.82) is 0 Å². The van der Waals surface area contributed by atoms with Crippen LogP contribution >= 0.6 is 11.6 Å². The number of benzene rings is 1. The van der Waals surface area contributed by atoms with E-state index < -0.39 is 16.6 Å². The van der Waals surface area contributed by atoms with Gasteiger partial charge in [0.25, 0.3) is 11.6 Å². The number of carbonyl (C=O) groups is 1. The van der Waals surface area contributed by atoms with E-state index in [0.717, 1.165) is 6.20 Å². The molecule has 25 heavy (non-hydrogen) atoms. The largest absolute Gasteiger partial charge is 0.321 e. The van der Waals surface area contributed by atoms with Crippen molar-refractivity contribution in [2.24, 2.45) is 0 Å². The maximum absolute atomic E-state index is 13.2. The zero-order valence-corrected chi connectivity index (χ0v) is 13.1. The number of hydrogen-bond donors (Lipinski definition) is 1. The smallest absolute Gasteiger partial charge is 0.292 e. The second-order valence-corrected chi connectivity index (χ2v) is 5.26. The molecule has 126 valence electrons. The molecule has 0 atom stereocenters. The zero-order chi connectivity index (χ0) is 18.0. The Balaban J connectivity index is 1.96. The second kappa shape index (κ2) is 6.65. The maximum Gasteiger partial charge on any atom is 0.292 e. The average Bonchev–Trinajstić information content (AvgIpc) is 3.01. The third kappa shape index (κ3) is 3.61. The highest BCUT2D eigenvalue weighted by atomic mass is 35.5. The van der Waals surface area contributed by atoms with Crippen molar-refractivity contribution < 1.29 is 14.1 Å². The molecule has 3 rings (SSSR count). The third-order valence-corrected chi connectivity index (χ3v) is 3.43. The summed E-state index contributed by atoms with van der Waals surface area (Å²) in [5.41, 5.74) is 0.00751. The molecule has 1 N–H and O–H groups in total. The quantitative estimate of drug-likeness (QED) is 0.567. The van der Waals surface area contributed by atoms with Crippen molar-refractivity contribution in [3.63, 3.8) is 0 Å². The summed E-state index contributed by atoms with van der Waals surface area (Å²) < 4.78 is 14.6. The first kappa shape index (κ1) is 16.5. The summed E-state index contributed by atoms with van der Waals surface area (Å²) in [4.78, 5) is 30.3. The van der Waals surface area contributed by atoms with Gasteiger partial charge in [0.05, 0.1) is 17.3 Å². The molecular formula is C15H9ClFN5O3. The van der Waals surface area contributed by atoms with Gasteiger partial charge in [0, 0.05) is 24.1 Å². The Bertz CT molecular complexity index is 958. The fourth-order valence-electron chi connectivity index (χ4n) is 2.09. The van der Waals surface area contributed by atoms with Gasteiger partial charge in [0.2, 0.25) is 0 Å². The summed E-state index contributed by atoms with van der Waals surface area (Å²) in [6.45, 7) is 0. The molecule has 0 saturated heterocycles. The van der Waals surface area contributed by atoms with Crippen molar-refractivity contribution in [3.8, 4) is 5.69 Å². The summed E-state index contributed by atoms with van der Waals surface area (Å²) in [5.74, 6) is -1.15. The van der Waals surface area contributed by atoms with Gasteiger partial charge in [0.1, 0.15) is 22.4 Å². The normalized spacial score (nSPS) is 10.5. The minimum Gasteiger partial charge on any atom is -0.321 e. The molecule has 0 unspecified atom stereocenters. The van der Waals surface area contributed by atoms with Gasteiger partial charge in [-0.3, -0.25) is 14.9 Å². The fraction of sp³-hybridized carbons (Fsp3) is 0. The minimum absolute atomic E-state index is 0.0571. The SMILES string of the molecule is O=C(Nc1cc(-n2ccc(F)c2)ccc1[N+](=O)[O-])c1cnc(Cl)cn1. The number of rotatable bonds is 4. The molecule has 2 aromatic heterocycles. The van der Waals surface area contributed by atoms with Gasteiger partial charge in [-0.25, -0.2) is 14.4 Å². The van der Waals surface area contributed by atoms with Gasteiger partial charge in [-0.15, -0.1) is 0 Å². The maximum atomic E-state index is 13.2. The van der Waals surface area contributed by atoms with Crippen LogP contribution in [0.2, 0.25) is 5.15 Å². The first-order valence-electron chi connectivity index (χ1n) is 6.85. The van der Waals surface area contributed by atoms with Crippen LogP contribution < -0.4 is 5.32 Å². The van der Waals surface area contributed by atoms with E-state index in [1.165, 1.54) is 47.4 Å². The van der Waals surface area contributed by atoms with Crippen LogP contribution in [0, 0.1) is 15.9 Å². The molecule has 0 bridgehead atoms. The number of hydrogen-bond acceptors (Lipinski definition) is 5. The predicted octanol–water partition coefficient (Wildman–Crippen LogP) is 3.22. The van der Waals surface area contributed by atoms with Crippen LogP contribution in [0.5, 0.6) is 0 Å². The number of nitro groups is 1. The van der Waals surface area contributed by atoms with Gasteiger partial charge in [-0.05, 0) is 18.2 Å². The van der Waals surface area contributed by atoms with Crippen molar-refractivity contribution in [2.75, 3.05) is 5.32 Å². The van der Waals surface area contributed by atoms with Crippen LogP contribution in [0.25, 0.3) is 5.69 Å². The molecule has 0 radical (unpaired) electrons. The van der Waals surface area contributed by atoms with Crippen LogP contribution in [0.15, 0.2) is 49.1 Å². The van der Waals surface area contributed by atoms with E-state index in [-0.39, 0.29) is 22.2 Å².